The van der Waals surface area contributed by atoms with Gasteiger partial charge in [0.05, 0.1) is 26.7 Å². The average molecular weight is 449 g/mol. The van der Waals surface area contributed by atoms with E-state index in [9.17, 15) is 9.90 Å². The van der Waals surface area contributed by atoms with Gasteiger partial charge in [0.2, 0.25) is 5.43 Å². The van der Waals surface area contributed by atoms with Crippen molar-refractivity contribution in [1.29, 1.82) is 0 Å². The van der Waals surface area contributed by atoms with E-state index in [1.165, 1.54) is 24.0 Å². The number of rotatable bonds is 4. The number of piperidine rings is 1. The monoisotopic (exact) mass is 448 g/mol. The predicted molar refractivity (Wildman–Crippen MR) is 130 cm³/mol. The Morgan fingerprint density at radius 1 is 1.28 bits per heavy atom. The van der Waals surface area contributed by atoms with Crippen molar-refractivity contribution in [3.05, 3.63) is 57.9 Å². The highest BCUT2D eigenvalue weighted by Crippen LogP contribution is 2.36. The fourth-order valence-electron chi connectivity index (χ4n) is 4.85. The molecule has 1 N–H and O–H groups in total. The Labute approximate surface area is 191 Å². The SMILES string of the molecule is CCc1cc2c(=O)c(-c3nc4ccccc4s3)coc2c(CN2CCCC(C)(C)C2)c1O. The van der Waals surface area contributed by atoms with Gasteiger partial charge in [-0.05, 0) is 55.0 Å². The van der Waals surface area contributed by atoms with Crippen molar-refractivity contribution < 1.29 is 9.52 Å². The topological polar surface area (TPSA) is 66.6 Å². The van der Waals surface area contributed by atoms with Gasteiger partial charge in [0, 0.05) is 13.1 Å². The van der Waals surface area contributed by atoms with Crippen LogP contribution in [0.3, 0.4) is 0 Å². The number of nitrogens with zero attached hydrogens (tertiary/aromatic N) is 2. The largest absolute Gasteiger partial charge is 0.507 e. The number of likely N-dealkylation sites (tertiary alicyclic amines) is 1. The van der Waals surface area contributed by atoms with Crippen LogP contribution in [0.1, 0.15) is 44.7 Å². The summed E-state index contributed by atoms with van der Waals surface area (Å²) < 4.78 is 7.10. The van der Waals surface area contributed by atoms with E-state index in [-0.39, 0.29) is 16.6 Å². The summed E-state index contributed by atoms with van der Waals surface area (Å²) in [7, 11) is 0. The fraction of sp³-hybridized carbons (Fsp3) is 0.385. The van der Waals surface area contributed by atoms with Crippen LogP contribution in [0.15, 0.2) is 45.8 Å². The standard InChI is InChI=1S/C26H28N2O3S/c1-4-16-12-17-23(30)19(25-27-20-8-5-6-9-21(20)32-25)14-31-24(17)18(22(16)29)13-28-11-7-10-26(2,3)15-28/h5-6,8-9,12,14,29H,4,7,10-11,13,15H2,1-3H3. The van der Waals surface area contributed by atoms with Gasteiger partial charge in [-0.15, -0.1) is 11.3 Å². The molecule has 5 nitrogen and oxygen atoms in total. The van der Waals surface area contributed by atoms with Crippen LogP contribution in [0.4, 0.5) is 0 Å². The van der Waals surface area contributed by atoms with Crippen LogP contribution in [0.25, 0.3) is 31.8 Å². The van der Waals surface area contributed by atoms with Crippen LogP contribution in [0.2, 0.25) is 0 Å². The molecular weight excluding hydrogens is 420 g/mol. The zero-order valence-corrected chi connectivity index (χ0v) is 19.6. The van der Waals surface area contributed by atoms with Gasteiger partial charge in [-0.2, -0.15) is 0 Å². The smallest absolute Gasteiger partial charge is 0.202 e. The second-order valence-electron chi connectivity index (χ2n) is 9.54. The molecule has 2 aromatic carbocycles. The Morgan fingerprint density at radius 2 is 2.09 bits per heavy atom. The first kappa shape index (κ1) is 21.2. The van der Waals surface area contributed by atoms with Crippen LogP contribution in [0.5, 0.6) is 5.75 Å². The molecule has 166 valence electrons. The molecule has 6 heteroatoms. The second kappa shape index (κ2) is 8.01. The zero-order valence-electron chi connectivity index (χ0n) is 18.8. The molecule has 0 unspecified atom stereocenters. The molecule has 1 saturated heterocycles. The number of thiazole rings is 1. The number of benzene rings is 2. The number of hydrogen-bond donors (Lipinski definition) is 1. The minimum Gasteiger partial charge on any atom is -0.507 e. The highest BCUT2D eigenvalue weighted by Gasteiger charge is 2.28. The summed E-state index contributed by atoms with van der Waals surface area (Å²) in [5.74, 6) is 0.249. The Hall–Kier alpha value is -2.70. The maximum atomic E-state index is 13.5. The molecule has 3 heterocycles. The molecule has 1 aliphatic heterocycles. The molecule has 5 rings (SSSR count). The van der Waals surface area contributed by atoms with Crippen LogP contribution in [0, 0.1) is 5.41 Å². The second-order valence-corrected chi connectivity index (χ2v) is 10.6. The summed E-state index contributed by atoms with van der Waals surface area (Å²) in [6.45, 7) is 9.07. The first-order valence-electron chi connectivity index (χ1n) is 11.2. The molecule has 32 heavy (non-hydrogen) atoms. The lowest BCUT2D eigenvalue weighted by molar-refractivity contribution is 0.111. The van der Waals surface area contributed by atoms with E-state index in [2.05, 4.69) is 23.7 Å². The van der Waals surface area contributed by atoms with E-state index in [1.54, 1.807) is 6.07 Å². The molecule has 0 radical (unpaired) electrons. The van der Waals surface area contributed by atoms with E-state index in [1.807, 2.05) is 31.2 Å². The van der Waals surface area contributed by atoms with Gasteiger partial charge < -0.3 is 9.52 Å². The highest BCUT2D eigenvalue weighted by molar-refractivity contribution is 7.21. The molecule has 0 aliphatic carbocycles. The third-order valence-corrected chi connectivity index (χ3v) is 7.55. The summed E-state index contributed by atoms with van der Waals surface area (Å²) in [6.07, 6.45) is 4.48. The molecule has 0 spiro atoms. The lowest BCUT2D eigenvalue weighted by Gasteiger charge is -2.38. The Kier molecular flexibility index (Phi) is 5.30. The van der Waals surface area contributed by atoms with Crippen LogP contribution in [-0.4, -0.2) is 28.1 Å². The van der Waals surface area contributed by atoms with Crippen molar-refractivity contribution >= 4 is 32.5 Å². The van der Waals surface area contributed by atoms with Gasteiger partial charge in [0.15, 0.2) is 0 Å². The quantitative estimate of drug-likeness (QED) is 0.417. The number of phenols is 1. The fourth-order valence-corrected chi connectivity index (χ4v) is 5.81. The molecule has 4 aromatic rings. The van der Waals surface area contributed by atoms with Crippen molar-refractivity contribution in [2.24, 2.45) is 5.41 Å². The Balaban J connectivity index is 1.64. The summed E-state index contributed by atoms with van der Waals surface area (Å²) in [5, 5.41) is 12.2. The summed E-state index contributed by atoms with van der Waals surface area (Å²) in [4.78, 5) is 20.5. The first-order valence-corrected chi connectivity index (χ1v) is 12.1. The molecule has 2 aromatic heterocycles. The van der Waals surface area contributed by atoms with Gasteiger partial charge in [0.1, 0.15) is 22.6 Å². The molecule has 1 fully saturated rings. The van der Waals surface area contributed by atoms with Gasteiger partial charge in [-0.3, -0.25) is 9.69 Å². The van der Waals surface area contributed by atoms with E-state index in [0.717, 1.165) is 35.3 Å². The number of hydrogen-bond acceptors (Lipinski definition) is 6. The summed E-state index contributed by atoms with van der Waals surface area (Å²) in [6, 6.07) is 9.65. The lowest BCUT2D eigenvalue weighted by atomic mass is 9.84. The number of aromatic nitrogens is 1. The van der Waals surface area contributed by atoms with Crippen LogP contribution < -0.4 is 5.43 Å². The third-order valence-electron chi connectivity index (χ3n) is 6.48. The number of phenolic OH excluding ortho intramolecular Hbond substituents is 1. The van der Waals surface area contributed by atoms with Crippen molar-refractivity contribution in [3.8, 4) is 16.3 Å². The molecule has 0 amide bonds. The number of aromatic hydroxyl groups is 1. The molecule has 0 atom stereocenters. The van der Waals surface area contributed by atoms with E-state index < -0.39 is 0 Å². The van der Waals surface area contributed by atoms with E-state index >= 15 is 0 Å². The Bertz CT molecular complexity index is 1340. The van der Waals surface area contributed by atoms with E-state index in [0.29, 0.717) is 40.1 Å². The van der Waals surface area contributed by atoms with Crippen molar-refractivity contribution in [1.82, 2.24) is 9.88 Å². The van der Waals surface area contributed by atoms with Crippen LogP contribution >= 0.6 is 11.3 Å². The maximum absolute atomic E-state index is 13.5. The highest BCUT2D eigenvalue weighted by atomic mass is 32.1. The average Bonchev–Trinajstić information content (AvgIpc) is 3.19. The molecule has 0 saturated carbocycles. The first-order chi connectivity index (χ1) is 15.4. The van der Waals surface area contributed by atoms with Gasteiger partial charge >= 0.3 is 0 Å². The molecular formula is C26H28N2O3S. The van der Waals surface area contributed by atoms with Crippen LogP contribution in [-0.2, 0) is 13.0 Å². The minimum absolute atomic E-state index is 0.0970. The summed E-state index contributed by atoms with van der Waals surface area (Å²) in [5.41, 5.74) is 3.46. The number of aryl methyl sites for hydroxylation is 1. The van der Waals surface area contributed by atoms with Gasteiger partial charge in [-0.25, -0.2) is 4.98 Å². The van der Waals surface area contributed by atoms with Gasteiger partial charge in [-0.1, -0.05) is 32.9 Å². The maximum Gasteiger partial charge on any atom is 0.202 e. The molecule has 1 aliphatic rings. The minimum atomic E-state index is -0.0970. The van der Waals surface area contributed by atoms with Gasteiger partial charge in [0.25, 0.3) is 0 Å². The molecule has 0 bridgehead atoms. The lowest BCUT2D eigenvalue weighted by Crippen LogP contribution is -2.39. The van der Waals surface area contributed by atoms with Crippen molar-refractivity contribution in [2.75, 3.05) is 13.1 Å². The number of para-hydroxylation sites is 1. The summed E-state index contributed by atoms with van der Waals surface area (Å²) >= 11 is 1.49. The van der Waals surface area contributed by atoms with E-state index in [4.69, 9.17) is 4.42 Å². The predicted octanol–water partition coefficient (Wildman–Crippen LogP) is 5.96. The normalized spacial score (nSPS) is 16.7. The Morgan fingerprint density at radius 3 is 2.84 bits per heavy atom. The van der Waals surface area contributed by atoms with Crippen molar-refractivity contribution in [2.45, 2.75) is 46.6 Å². The van der Waals surface area contributed by atoms with Crippen molar-refractivity contribution in [3.63, 3.8) is 0 Å². The number of fused-ring (bicyclic) bond motifs is 2. The zero-order chi connectivity index (χ0) is 22.5. The third kappa shape index (κ3) is 3.71.